The molecule has 0 atom stereocenters. The van der Waals surface area contributed by atoms with Crippen LogP contribution in [0.2, 0.25) is 0 Å². The Kier molecular flexibility index (Phi) is 7.88. The molecule has 0 aliphatic heterocycles. The fourth-order valence-corrected chi connectivity index (χ4v) is 8.40. The molecule has 0 N–H and O–H groups in total. The molecule has 0 fully saturated rings. The molecule has 4 nitrogen and oxygen atoms in total. The SMILES string of the molecule is N#Cc1cccc(-c2c3ccccc3c(-c3cccc(C#N)c3)c3cc(N(c4ccccc4)c4ccc5c(c4)c4ccccc4n5-c4ccccc4)ccc23)c1. The number of fused-ring (bicyclic) bond motifs is 5. The Labute approximate surface area is 324 Å². The molecule has 10 aromatic rings. The minimum Gasteiger partial charge on any atom is -0.310 e. The van der Waals surface area contributed by atoms with E-state index in [-0.39, 0.29) is 0 Å². The highest BCUT2D eigenvalue weighted by atomic mass is 15.1. The van der Waals surface area contributed by atoms with Gasteiger partial charge >= 0.3 is 0 Å². The number of nitrogens with zero attached hydrogens (tertiary/aromatic N) is 4. The average Bonchev–Trinajstić information content (AvgIpc) is 3.60. The molecular formula is C52H32N4. The van der Waals surface area contributed by atoms with Gasteiger partial charge in [0.1, 0.15) is 0 Å². The van der Waals surface area contributed by atoms with Crippen LogP contribution < -0.4 is 4.90 Å². The average molecular weight is 713 g/mol. The highest BCUT2D eigenvalue weighted by Gasteiger charge is 2.21. The largest absolute Gasteiger partial charge is 0.310 e. The Morgan fingerprint density at radius 1 is 0.357 bits per heavy atom. The van der Waals surface area contributed by atoms with Crippen LogP contribution in [0.15, 0.2) is 194 Å². The second kappa shape index (κ2) is 13.5. The summed E-state index contributed by atoms with van der Waals surface area (Å²) in [5, 5.41) is 26.5. The molecular weight excluding hydrogens is 681 g/mol. The van der Waals surface area contributed by atoms with Gasteiger partial charge in [-0.15, -0.1) is 0 Å². The van der Waals surface area contributed by atoms with Crippen molar-refractivity contribution in [3.8, 4) is 40.1 Å². The minimum absolute atomic E-state index is 0.607. The number of hydrogen-bond donors (Lipinski definition) is 0. The Bertz CT molecular complexity index is 3220. The minimum atomic E-state index is 0.607. The Morgan fingerprint density at radius 3 is 1.50 bits per heavy atom. The molecule has 4 heteroatoms. The number of anilines is 3. The second-order valence-corrected chi connectivity index (χ2v) is 14.0. The Morgan fingerprint density at radius 2 is 0.857 bits per heavy atom. The van der Waals surface area contributed by atoms with Gasteiger partial charge in [-0.05, 0) is 129 Å². The molecule has 0 aliphatic carbocycles. The van der Waals surface area contributed by atoms with Gasteiger partial charge in [-0.2, -0.15) is 10.5 Å². The van der Waals surface area contributed by atoms with Crippen LogP contribution >= 0.6 is 0 Å². The van der Waals surface area contributed by atoms with Gasteiger partial charge in [0.2, 0.25) is 0 Å². The molecule has 1 aromatic heterocycles. The van der Waals surface area contributed by atoms with Gasteiger partial charge < -0.3 is 9.47 Å². The summed E-state index contributed by atoms with van der Waals surface area (Å²) in [4.78, 5) is 2.33. The van der Waals surface area contributed by atoms with Crippen LogP contribution in [-0.4, -0.2) is 4.57 Å². The van der Waals surface area contributed by atoms with Crippen LogP contribution in [0.3, 0.4) is 0 Å². The van der Waals surface area contributed by atoms with Gasteiger partial charge in [0, 0.05) is 33.5 Å². The van der Waals surface area contributed by atoms with E-state index in [1.54, 1.807) is 0 Å². The van der Waals surface area contributed by atoms with Crippen molar-refractivity contribution >= 4 is 60.4 Å². The van der Waals surface area contributed by atoms with Gasteiger partial charge in [-0.3, -0.25) is 0 Å². The molecule has 0 bridgehead atoms. The maximum absolute atomic E-state index is 9.97. The third kappa shape index (κ3) is 5.37. The van der Waals surface area contributed by atoms with E-state index < -0.39 is 0 Å². The summed E-state index contributed by atoms with van der Waals surface area (Å²) in [7, 11) is 0. The van der Waals surface area contributed by atoms with Crippen molar-refractivity contribution in [2.24, 2.45) is 0 Å². The molecule has 0 spiro atoms. The van der Waals surface area contributed by atoms with Crippen LogP contribution in [0.25, 0.3) is 71.3 Å². The number of hydrogen-bond acceptors (Lipinski definition) is 3. The van der Waals surface area contributed by atoms with E-state index >= 15 is 0 Å². The molecule has 9 aromatic carbocycles. The fraction of sp³-hybridized carbons (Fsp3) is 0. The number of benzene rings is 9. The smallest absolute Gasteiger partial charge is 0.0991 e. The van der Waals surface area contributed by atoms with E-state index in [2.05, 4.69) is 173 Å². The quantitative estimate of drug-likeness (QED) is 0.161. The van der Waals surface area contributed by atoms with Gasteiger partial charge in [-0.25, -0.2) is 0 Å². The van der Waals surface area contributed by atoms with Gasteiger partial charge in [0.15, 0.2) is 0 Å². The molecule has 0 radical (unpaired) electrons. The van der Waals surface area contributed by atoms with E-state index in [0.717, 1.165) is 77.6 Å². The van der Waals surface area contributed by atoms with Crippen molar-refractivity contribution in [1.29, 1.82) is 10.5 Å². The summed E-state index contributed by atoms with van der Waals surface area (Å²) in [5.41, 5.74) is 11.8. The Hall–Kier alpha value is -7.92. The molecule has 0 unspecified atom stereocenters. The van der Waals surface area contributed by atoms with Crippen molar-refractivity contribution in [3.05, 3.63) is 205 Å². The van der Waals surface area contributed by atoms with E-state index in [1.807, 2.05) is 42.5 Å². The highest BCUT2D eigenvalue weighted by Crippen LogP contribution is 2.47. The van der Waals surface area contributed by atoms with Crippen molar-refractivity contribution in [2.45, 2.75) is 0 Å². The summed E-state index contributed by atoms with van der Waals surface area (Å²) in [6.07, 6.45) is 0. The first-order valence-corrected chi connectivity index (χ1v) is 18.6. The topological polar surface area (TPSA) is 55.8 Å². The van der Waals surface area contributed by atoms with Gasteiger partial charge in [-0.1, -0.05) is 109 Å². The lowest BCUT2D eigenvalue weighted by Crippen LogP contribution is -2.10. The Balaban J connectivity index is 1.27. The molecule has 0 saturated carbocycles. The first kappa shape index (κ1) is 32.7. The molecule has 0 saturated heterocycles. The fourth-order valence-electron chi connectivity index (χ4n) is 8.40. The van der Waals surface area contributed by atoms with Crippen LogP contribution in [0.4, 0.5) is 17.1 Å². The predicted molar refractivity (Wildman–Crippen MR) is 231 cm³/mol. The number of nitriles is 2. The summed E-state index contributed by atoms with van der Waals surface area (Å²) < 4.78 is 2.34. The molecule has 0 amide bonds. The number of aromatic nitrogens is 1. The first-order chi connectivity index (χ1) is 27.7. The highest BCUT2D eigenvalue weighted by molar-refractivity contribution is 6.22. The lowest BCUT2D eigenvalue weighted by molar-refractivity contribution is 1.18. The number of rotatable bonds is 6. The molecule has 0 aliphatic rings. The number of para-hydroxylation sites is 3. The summed E-state index contributed by atoms with van der Waals surface area (Å²) in [6, 6.07) is 72.0. The van der Waals surface area contributed by atoms with E-state index in [1.165, 1.54) is 10.8 Å². The summed E-state index contributed by atoms with van der Waals surface area (Å²) in [5.74, 6) is 0. The van der Waals surface area contributed by atoms with E-state index in [4.69, 9.17) is 0 Å². The molecule has 10 rings (SSSR count). The lowest BCUT2D eigenvalue weighted by Gasteiger charge is -2.27. The van der Waals surface area contributed by atoms with Crippen LogP contribution in [0.1, 0.15) is 11.1 Å². The van der Waals surface area contributed by atoms with Gasteiger partial charge in [0.25, 0.3) is 0 Å². The molecule has 1 heterocycles. The van der Waals surface area contributed by atoms with Crippen molar-refractivity contribution < 1.29 is 0 Å². The standard InChI is InChI=1S/C52H32N4/c53-33-35-13-11-15-37(29-35)51-44-22-7-8-23-45(44)52(38-16-12-14-36(30-38)34-54)48-32-41(25-27-46(48)51)55(39-17-3-1-4-18-39)42-26-28-50-47(31-42)43-21-9-10-24-49(43)56(50)40-19-5-2-6-20-40/h1-32H. The lowest BCUT2D eigenvalue weighted by atomic mass is 9.85. The third-order valence-electron chi connectivity index (χ3n) is 10.8. The van der Waals surface area contributed by atoms with Crippen LogP contribution in [-0.2, 0) is 0 Å². The van der Waals surface area contributed by atoms with Crippen LogP contribution in [0, 0.1) is 22.7 Å². The third-order valence-corrected chi connectivity index (χ3v) is 10.8. The summed E-state index contributed by atoms with van der Waals surface area (Å²) >= 11 is 0. The maximum Gasteiger partial charge on any atom is 0.0991 e. The first-order valence-electron chi connectivity index (χ1n) is 18.6. The normalized spacial score (nSPS) is 11.2. The van der Waals surface area contributed by atoms with Crippen molar-refractivity contribution in [1.82, 2.24) is 4.57 Å². The zero-order valence-corrected chi connectivity index (χ0v) is 30.3. The zero-order valence-electron chi connectivity index (χ0n) is 30.3. The van der Waals surface area contributed by atoms with Crippen molar-refractivity contribution in [3.63, 3.8) is 0 Å². The maximum atomic E-state index is 9.97. The predicted octanol–water partition coefficient (Wildman–Crippen LogP) is 13.6. The van der Waals surface area contributed by atoms with Crippen LogP contribution in [0.5, 0.6) is 0 Å². The van der Waals surface area contributed by atoms with E-state index in [0.29, 0.717) is 11.1 Å². The van der Waals surface area contributed by atoms with Gasteiger partial charge in [0.05, 0.1) is 34.3 Å². The molecule has 260 valence electrons. The summed E-state index contributed by atoms with van der Waals surface area (Å²) in [6.45, 7) is 0. The monoisotopic (exact) mass is 712 g/mol. The molecule has 56 heavy (non-hydrogen) atoms. The van der Waals surface area contributed by atoms with Crippen molar-refractivity contribution in [2.75, 3.05) is 4.90 Å². The second-order valence-electron chi connectivity index (χ2n) is 14.0. The van der Waals surface area contributed by atoms with E-state index in [9.17, 15) is 10.5 Å². The zero-order chi connectivity index (χ0) is 37.6.